The van der Waals surface area contributed by atoms with Crippen LogP contribution in [0.1, 0.15) is 93.5 Å². The summed E-state index contributed by atoms with van der Waals surface area (Å²) in [6, 6.07) is 7.90. The first-order valence-corrected chi connectivity index (χ1v) is 11.6. The molecule has 30 heavy (non-hydrogen) atoms. The molecule has 0 amide bonds. The fraction of sp³-hybridized carbons (Fsp3) is 0.577. The summed E-state index contributed by atoms with van der Waals surface area (Å²) < 4.78 is 0. The summed E-state index contributed by atoms with van der Waals surface area (Å²) in [4.78, 5) is 35.3. The summed E-state index contributed by atoms with van der Waals surface area (Å²) in [6.45, 7) is 2.19. The van der Waals surface area contributed by atoms with Crippen LogP contribution in [0.5, 0.6) is 0 Å². The zero-order chi connectivity index (χ0) is 21.8. The number of Topliss-reactive ketones (excluding diaryl/α,β-unsaturated/α-hetero) is 1. The summed E-state index contributed by atoms with van der Waals surface area (Å²) in [6.07, 6.45) is 14.2. The van der Waals surface area contributed by atoms with Gasteiger partial charge in [0.25, 0.3) is 0 Å². The summed E-state index contributed by atoms with van der Waals surface area (Å²) in [5, 5.41) is 8.68. The van der Waals surface area contributed by atoms with Gasteiger partial charge in [-0.05, 0) is 49.7 Å². The molecular weight excluding hydrogens is 376 g/mol. The zero-order valence-electron chi connectivity index (χ0n) is 18.3. The number of allylic oxidation sites excluding steroid dienone is 2. The summed E-state index contributed by atoms with van der Waals surface area (Å²) in [5.74, 6) is -0.286. The summed E-state index contributed by atoms with van der Waals surface area (Å²) in [5.41, 5.74) is 1.97. The van der Waals surface area contributed by atoms with E-state index >= 15 is 0 Å². The van der Waals surface area contributed by atoms with Crippen LogP contribution in [0.4, 0.5) is 0 Å². The predicted octanol–water partition coefficient (Wildman–Crippen LogP) is 6.18. The van der Waals surface area contributed by atoms with Gasteiger partial charge in [-0.2, -0.15) is 0 Å². The van der Waals surface area contributed by atoms with Gasteiger partial charge in [-0.3, -0.25) is 14.4 Å². The molecule has 0 aromatic heterocycles. The summed E-state index contributed by atoms with van der Waals surface area (Å²) >= 11 is 0. The van der Waals surface area contributed by atoms with Gasteiger partial charge >= 0.3 is 5.97 Å². The van der Waals surface area contributed by atoms with Gasteiger partial charge in [-0.1, -0.05) is 69.4 Å². The van der Waals surface area contributed by atoms with Gasteiger partial charge in [-0.15, -0.1) is 0 Å². The van der Waals surface area contributed by atoms with Crippen LogP contribution in [0.3, 0.4) is 0 Å². The molecular formula is C26H36O4. The van der Waals surface area contributed by atoms with Crippen molar-refractivity contribution >= 4 is 17.5 Å². The van der Waals surface area contributed by atoms with Crippen LogP contribution < -0.4 is 0 Å². The number of hydrogen-bond acceptors (Lipinski definition) is 3. The standard InChI is InChI=1S/C26H36O4/c1-2-3-6-9-20-12-14-22(15-13-20)24(27)18-16-21-17-19-25(28)23(21)10-7-4-5-8-11-26(29)30/h12-16,18,21,23H,2-11,17,19H2,1H3,(H,29,30). The number of benzene rings is 1. The van der Waals surface area contributed by atoms with Crippen molar-refractivity contribution in [2.24, 2.45) is 11.8 Å². The highest BCUT2D eigenvalue weighted by atomic mass is 16.4. The molecule has 1 aliphatic rings. The average Bonchev–Trinajstić information content (AvgIpc) is 3.08. The first kappa shape index (κ1) is 24.0. The smallest absolute Gasteiger partial charge is 0.303 e. The third-order valence-electron chi connectivity index (χ3n) is 6.11. The molecule has 164 valence electrons. The molecule has 1 saturated carbocycles. The van der Waals surface area contributed by atoms with Crippen LogP contribution in [0.2, 0.25) is 0 Å². The Hall–Kier alpha value is -2.23. The van der Waals surface area contributed by atoms with Gasteiger partial charge in [0.05, 0.1) is 0 Å². The van der Waals surface area contributed by atoms with E-state index in [9.17, 15) is 14.4 Å². The predicted molar refractivity (Wildman–Crippen MR) is 120 cm³/mol. The fourth-order valence-electron chi connectivity index (χ4n) is 4.26. The first-order valence-electron chi connectivity index (χ1n) is 11.6. The Morgan fingerprint density at radius 3 is 2.47 bits per heavy atom. The number of hydrogen-bond donors (Lipinski definition) is 1. The van der Waals surface area contributed by atoms with Crippen LogP contribution in [-0.2, 0) is 16.0 Å². The molecule has 2 atom stereocenters. The normalized spacial score (nSPS) is 18.9. The van der Waals surface area contributed by atoms with E-state index in [0.29, 0.717) is 24.2 Å². The second-order valence-electron chi connectivity index (χ2n) is 8.50. The quantitative estimate of drug-likeness (QED) is 0.225. The van der Waals surface area contributed by atoms with Crippen LogP contribution in [0, 0.1) is 11.8 Å². The van der Waals surface area contributed by atoms with Crippen molar-refractivity contribution in [3.05, 3.63) is 47.5 Å². The number of carboxylic acids is 1. The minimum Gasteiger partial charge on any atom is -0.481 e. The SMILES string of the molecule is CCCCCc1ccc(C(=O)C=CC2CCC(=O)C2CCCCCCC(=O)O)cc1. The molecule has 1 aromatic carbocycles. The molecule has 0 bridgehead atoms. The Morgan fingerprint density at radius 2 is 1.77 bits per heavy atom. The van der Waals surface area contributed by atoms with E-state index in [0.717, 1.165) is 38.5 Å². The third-order valence-corrected chi connectivity index (χ3v) is 6.11. The zero-order valence-corrected chi connectivity index (χ0v) is 18.3. The Bertz CT molecular complexity index is 717. The first-order chi connectivity index (χ1) is 14.5. The molecule has 0 heterocycles. The van der Waals surface area contributed by atoms with Crippen LogP contribution in [0.25, 0.3) is 0 Å². The van der Waals surface area contributed by atoms with E-state index in [2.05, 4.69) is 6.92 Å². The van der Waals surface area contributed by atoms with Crippen molar-refractivity contribution in [2.45, 2.75) is 84.0 Å². The largest absolute Gasteiger partial charge is 0.481 e. The van der Waals surface area contributed by atoms with Crippen molar-refractivity contribution in [2.75, 3.05) is 0 Å². The molecule has 0 radical (unpaired) electrons. The lowest BCUT2D eigenvalue weighted by Crippen LogP contribution is -2.13. The molecule has 2 unspecified atom stereocenters. The summed E-state index contributed by atoms with van der Waals surface area (Å²) in [7, 11) is 0. The van der Waals surface area contributed by atoms with Gasteiger partial charge in [0.1, 0.15) is 5.78 Å². The number of carbonyl (C=O) groups is 3. The number of aliphatic carboxylic acids is 1. The number of rotatable bonds is 14. The van der Waals surface area contributed by atoms with Crippen molar-refractivity contribution in [3.63, 3.8) is 0 Å². The van der Waals surface area contributed by atoms with E-state index in [-0.39, 0.29) is 24.0 Å². The van der Waals surface area contributed by atoms with Gasteiger partial charge < -0.3 is 5.11 Å². The molecule has 1 fully saturated rings. The van der Waals surface area contributed by atoms with Crippen LogP contribution in [0.15, 0.2) is 36.4 Å². The maximum atomic E-state index is 12.5. The van der Waals surface area contributed by atoms with Gasteiger partial charge in [-0.25, -0.2) is 0 Å². The van der Waals surface area contributed by atoms with E-state index in [1.54, 1.807) is 6.08 Å². The highest BCUT2D eigenvalue weighted by molar-refractivity contribution is 6.04. The van der Waals surface area contributed by atoms with Crippen LogP contribution >= 0.6 is 0 Å². The number of carbonyl (C=O) groups excluding carboxylic acids is 2. The number of carboxylic acid groups (broad SMARTS) is 1. The number of aryl methyl sites for hydroxylation is 1. The molecule has 0 aliphatic heterocycles. The Labute approximate surface area is 180 Å². The van der Waals surface area contributed by atoms with Crippen molar-refractivity contribution in [1.82, 2.24) is 0 Å². The Kier molecular flexibility index (Phi) is 10.5. The maximum Gasteiger partial charge on any atom is 0.303 e. The highest BCUT2D eigenvalue weighted by Gasteiger charge is 2.32. The second-order valence-corrected chi connectivity index (χ2v) is 8.50. The van der Waals surface area contributed by atoms with E-state index < -0.39 is 5.97 Å². The molecule has 1 aromatic rings. The van der Waals surface area contributed by atoms with Crippen molar-refractivity contribution in [3.8, 4) is 0 Å². The average molecular weight is 413 g/mol. The molecule has 1 N–H and O–H groups in total. The lowest BCUT2D eigenvalue weighted by molar-refractivity contribution is -0.137. The maximum absolute atomic E-state index is 12.5. The Balaban J connectivity index is 1.80. The molecule has 4 nitrogen and oxygen atoms in total. The van der Waals surface area contributed by atoms with Crippen molar-refractivity contribution < 1.29 is 19.5 Å². The topological polar surface area (TPSA) is 71.4 Å². The van der Waals surface area contributed by atoms with Gasteiger partial charge in [0.2, 0.25) is 0 Å². The van der Waals surface area contributed by atoms with Gasteiger partial charge in [0.15, 0.2) is 5.78 Å². The monoisotopic (exact) mass is 412 g/mol. The molecule has 2 rings (SSSR count). The molecule has 1 aliphatic carbocycles. The Morgan fingerprint density at radius 1 is 1.03 bits per heavy atom. The fourth-order valence-corrected chi connectivity index (χ4v) is 4.26. The molecule has 4 heteroatoms. The van der Waals surface area contributed by atoms with E-state index in [1.165, 1.54) is 24.8 Å². The van der Waals surface area contributed by atoms with Gasteiger partial charge in [0, 0.05) is 24.3 Å². The molecule has 0 saturated heterocycles. The lowest BCUT2D eigenvalue weighted by Gasteiger charge is -2.14. The highest BCUT2D eigenvalue weighted by Crippen LogP contribution is 2.34. The lowest BCUT2D eigenvalue weighted by atomic mass is 9.89. The minimum absolute atomic E-state index is 0.00174. The number of unbranched alkanes of at least 4 members (excludes halogenated alkanes) is 5. The van der Waals surface area contributed by atoms with E-state index in [1.807, 2.05) is 30.3 Å². The minimum atomic E-state index is -0.748. The van der Waals surface area contributed by atoms with Crippen LogP contribution in [-0.4, -0.2) is 22.6 Å². The van der Waals surface area contributed by atoms with Crippen molar-refractivity contribution in [1.29, 1.82) is 0 Å². The third kappa shape index (κ3) is 8.25. The number of ketones is 2. The second kappa shape index (κ2) is 13.1. The molecule has 0 spiro atoms. The van der Waals surface area contributed by atoms with E-state index in [4.69, 9.17) is 5.11 Å².